The number of rotatable bonds is 5. The summed E-state index contributed by atoms with van der Waals surface area (Å²) >= 11 is 2.17. The molecule has 1 aromatic rings. The molecule has 156 valence electrons. The van der Waals surface area contributed by atoms with Crippen LogP contribution in [0.1, 0.15) is 88.2 Å². The molecule has 4 aliphatic rings. The van der Waals surface area contributed by atoms with Gasteiger partial charge in [0.15, 0.2) is 0 Å². The Balaban J connectivity index is 1.33. The Bertz CT molecular complexity index is 785. The van der Waals surface area contributed by atoms with E-state index in [4.69, 9.17) is 0 Å². The van der Waals surface area contributed by atoms with Gasteiger partial charge in [-0.25, -0.2) is 0 Å². The molecule has 0 spiro atoms. The van der Waals surface area contributed by atoms with Crippen LogP contribution in [0.3, 0.4) is 0 Å². The lowest BCUT2D eigenvalue weighted by Gasteiger charge is -2.21. The minimum atomic E-state index is 0.300. The van der Waals surface area contributed by atoms with Crippen molar-refractivity contribution >= 4 is 17.5 Å². The summed E-state index contributed by atoms with van der Waals surface area (Å²) < 4.78 is 0.300. The van der Waals surface area contributed by atoms with Gasteiger partial charge in [-0.1, -0.05) is 66.7 Å². The van der Waals surface area contributed by atoms with Crippen LogP contribution < -0.4 is 0 Å². The van der Waals surface area contributed by atoms with Crippen molar-refractivity contribution in [3.05, 3.63) is 46.5 Å². The van der Waals surface area contributed by atoms with E-state index in [0.29, 0.717) is 22.4 Å². The monoisotopic (exact) mass is 408 g/mol. The van der Waals surface area contributed by atoms with Gasteiger partial charge in [0, 0.05) is 22.8 Å². The van der Waals surface area contributed by atoms with Crippen LogP contribution in [0, 0.1) is 24.7 Å². The van der Waals surface area contributed by atoms with Crippen LogP contribution in [-0.2, 0) is 10.5 Å². The van der Waals surface area contributed by atoms with Crippen molar-refractivity contribution in [2.75, 3.05) is 0 Å². The van der Waals surface area contributed by atoms with E-state index in [1.165, 1.54) is 75.3 Å². The molecule has 2 heteroatoms. The van der Waals surface area contributed by atoms with E-state index in [1.807, 2.05) is 0 Å². The van der Waals surface area contributed by atoms with Crippen LogP contribution in [0.5, 0.6) is 0 Å². The lowest BCUT2D eigenvalue weighted by Crippen LogP contribution is -2.19. The van der Waals surface area contributed by atoms with Crippen molar-refractivity contribution in [1.29, 1.82) is 0 Å². The van der Waals surface area contributed by atoms with Crippen LogP contribution in [-0.4, -0.2) is 10.5 Å². The quantitative estimate of drug-likeness (QED) is 0.472. The number of aryl methyl sites for hydroxylation is 1. The van der Waals surface area contributed by atoms with Gasteiger partial charge in [-0.3, -0.25) is 4.79 Å². The summed E-state index contributed by atoms with van der Waals surface area (Å²) in [6, 6.07) is 9.05. The largest absolute Gasteiger partial charge is 0.299 e. The standard InChI is InChI=1S/C27H36OS/c1-19-9-11-21(12-10-19)18-29-27-17-24(27)16-26(28)23(15-20-5-2-3-6-20)14-13-22-7-4-8-25(22)27/h9-12,20,23-24H,2-8,13-18H2,1H3. The first-order valence-corrected chi connectivity index (χ1v) is 13.1. The number of thioether (sulfide) groups is 1. The normalized spacial score (nSPS) is 32.5. The molecule has 3 unspecified atom stereocenters. The fraction of sp³-hybridized carbons (Fsp3) is 0.667. The minimum absolute atomic E-state index is 0.300. The topological polar surface area (TPSA) is 17.1 Å². The molecule has 2 fully saturated rings. The van der Waals surface area contributed by atoms with Gasteiger partial charge in [0.1, 0.15) is 5.78 Å². The summed E-state index contributed by atoms with van der Waals surface area (Å²) in [4.78, 5) is 13.3. The lowest BCUT2D eigenvalue weighted by atomic mass is 9.84. The summed E-state index contributed by atoms with van der Waals surface area (Å²) in [6.07, 6.45) is 15.1. The first-order valence-electron chi connectivity index (χ1n) is 12.1. The smallest absolute Gasteiger partial charge is 0.136 e. The van der Waals surface area contributed by atoms with Crippen LogP contribution >= 0.6 is 11.8 Å². The molecular weight excluding hydrogens is 372 g/mol. The highest BCUT2D eigenvalue weighted by molar-refractivity contribution is 8.00. The number of carbonyl (C=O) groups excluding carboxylic acids is 1. The average molecular weight is 409 g/mol. The van der Waals surface area contributed by atoms with E-state index in [-0.39, 0.29) is 0 Å². The SMILES string of the molecule is Cc1ccc(CSC23CC2CC(=O)C(CC2CCCC2)CCC2=C3CCC2)cc1. The molecule has 2 saturated carbocycles. The maximum atomic E-state index is 13.3. The van der Waals surface area contributed by atoms with Gasteiger partial charge < -0.3 is 0 Å². The maximum absolute atomic E-state index is 13.3. The Morgan fingerprint density at radius 1 is 1.00 bits per heavy atom. The highest BCUT2D eigenvalue weighted by Gasteiger charge is 2.58. The Morgan fingerprint density at radius 3 is 2.59 bits per heavy atom. The molecule has 4 aliphatic carbocycles. The zero-order chi connectivity index (χ0) is 19.8. The van der Waals surface area contributed by atoms with Gasteiger partial charge in [0.25, 0.3) is 0 Å². The van der Waals surface area contributed by atoms with E-state index >= 15 is 0 Å². The summed E-state index contributed by atoms with van der Waals surface area (Å²) in [5, 5.41) is 0. The minimum Gasteiger partial charge on any atom is -0.299 e. The second-order valence-corrected chi connectivity index (χ2v) is 11.6. The maximum Gasteiger partial charge on any atom is 0.136 e. The third-order valence-corrected chi connectivity index (χ3v) is 10.0. The third kappa shape index (κ3) is 4.11. The zero-order valence-corrected chi connectivity index (χ0v) is 18.9. The molecule has 0 bridgehead atoms. The summed E-state index contributed by atoms with van der Waals surface area (Å²) in [6.45, 7) is 2.16. The van der Waals surface area contributed by atoms with Crippen LogP contribution in [0.25, 0.3) is 0 Å². The Labute approximate surface area is 181 Å². The Morgan fingerprint density at radius 2 is 1.79 bits per heavy atom. The fourth-order valence-corrected chi connectivity index (χ4v) is 8.16. The lowest BCUT2D eigenvalue weighted by molar-refractivity contribution is -0.124. The van der Waals surface area contributed by atoms with E-state index in [9.17, 15) is 4.79 Å². The van der Waals surface area contributed by atoms with E-state index in [2.05, 4.69) is 43.0 Å². The second kappa shape index (κ2) is 8.25. The molecule has 0 aliphatic heterocycles. The molecular formula is C27H36OS. The van der Waals surface area contributed by atoms with Crippen LogP contribution in [0.2, 0.25) is 0 Å². The Kier molecular flexibility index (Phi) is 5.67. The fourth-order valence-electron chi connectivity index (χ4n) is 6.48. The number of allylic oxidation sites excluding steroid dienone is 1. The first kappa shape index (κ1) is 19.9. The number of carbonyl (C=O) groups is 1. The number of benzene rings is 1. The number of fused-ring (bicyclic) bond motifs is 2. The van der Waals surface area contributed by atoms with E-state index < -0.39 is 0 Å². The molecule has 0 N–H and O–H groups in total. The van der Waals surface area contributed by atoms with Gasteiger partial charge in [-0.15, -0.1) is 11.8 Å². The molecule has 3 atom stereocenters. The molecule has 5 rings (SSSR count). The van der Waals surface area contributed by atoms with Gasteiger partial charge in [0.2, 0.25) is 0 Å². The van der Waals surface area contributed by atoms with Crippen molar-refractivity contribution in [2.45, 2.75) is 94.5 Å². The number of ketones is 1. The molecule has 0 saturated heterocycles. The molecule has 0 aromatic heterocycles. The van der Waals surface area contributed by atoms with Crippen molar-refractivity contribution < 1.29 is 4.79 Å². The van der Waals surface area contributed by atoms with E-state index in [0.717, 1.165) is 24.5 Å². The predicted molar refractivity (Wildman–Crippen MR) is 123 cm³/mol. The average Bonchev–Trinajstić information content (AvgIpc) is 3.10. The van der Waals surface area contributed by atoms with Crippen LogP contribution in [0.15, 0.2) is 35.4 Å². The van der Waals surface area contributed by atoms with Crippen molar-refractivity contribution in [3.8, 4) is 0 Å². The van der Waals surface area contributed by atoms with Crippen molar-refractivity contribution in [1.82, 2.24) is 0 Å². The molecule has 0 amide bonds. The predicted octanol–water partition coefficient (Wildman–Crippen LogP) is 7.42. The van der Waals surface area contributed by atoms with Crippen molar-refractivity contribution in [2.24, 2.45) is 17.8 Å². The highest BCUT2D eigenvalue weighted by atomic mass is 32.2. The van der Waals surface area contributed by atoms with Gasteiger partial charge >= 0.3 is 0 Å². The van der Waals surface area contributed by atoms with E-state index in [1.54, 1.807) is 11.1 Å². The third-order valence-electron chi connectivity index (χ3n) is 8.30. The molecule has 0 radical (unpaired) electrons. The molecule has 0 heterocycles. The molecule has 29 heavy (non-hydrogen) atoms. The second-order valence-electron chi connectivity index (χ2n) is 10.3. The van der Waals surface area contributed by atoms with Crippen molar-refractivity contribution in [3.63, 3.8) is 0 Å². The summed E-state index contributed by atoms with van der Waals surface area (Å²) in [5.41, 5.74) is 6.32. The Hall–Kier alpha value is -1.02. The molecule has 1 aromatic carbocycles. The zero-order valence-electron chi connectivity index (χ0n) is 18.1. The van der Waals surface area contributed by atoms with Gasteiger partial charge in [-0.2, -0.15) is 0 Å². The highest BCUT2D eigenvalue weighted by Crippen LogP contribution is 2.65. The van der Waals surface area contributed by atoms with Gasteiger partial charge in [-0.05, 0) is 69.3 Å². The summed E-state index contributed by atoms with van der Waals surface area (Å²) in [5.74, 6) is 3.50. The first-order chi connectivity index (χ1) is 14.1. The van der Waals surface area contributed by atoms with Gasteiger partial charge in [0.05, 0.1) is 0 Å². The number of Topliss-reactive ketones (excluding diaryl/α,β-unsaturated/α-hetero) is 1. The molecule has 1 nitrogen and oxygen atoms in total. The number of hydrogen-bond donors (Lipinski definition) is 0. The van der Waals surface area contributed by atoms with Crippen LogP contribution in [0.4, 0.5) is 0 Å². The number of hydrogen-bond acceptors (Lipinski definition) is 2. The summed E-state index contributed by atoms with van der Waals surface area (Å²) in [7, 11) is 0.